The number of Topliss-reactive ketones (excluding diaryl/α,β-unsaturated/α-hetero) is 1. The summed E-state index contributed by atoms with van der Waals surface area (Å²) < 4.78 is 6.52. The summed E-state index contributed by atoms with van der Waals surface area (Å²) in [5.74, 6) is 0.774. The van der Waals surface area contributed by atoms with Gasteiger partial charge in [0.05, 0.1) is 12.2 Å². The smallest absolute Gasteiger partial charge is 0.163 e. The zero-order chi connectivity index (χ0) is 10.7. The third-order valence-corrected chi connectivity index (χ3v) is 2.53. The first-order chi connectivity index (χ1) is 6.56. The lowest BCUT2D eigenvalue weighted by Crippen LogP contribution is -2.03. The van der Waals surface area contributed by atoms with Crippen molar-refractivity contribution in [3.05, 3.63) is 26.8 Å². The summed E-state index contributed by atoms with van der Waals surface area (Å²) in [5.41, 5.74) is 1.69. The predicted molar refractivity (Wildman–Crippen MR) is 65.1 cm³/mol. The molecule has 0 bridgehead atoms. The van der Waals surface area contributed by atoms with Crippen LogP contribution in [0, 0.1) is 10.5 Å². The van der Waals surface area contributed by atoms with Gasteiger partial charge in [-0.2, -0.15) is 0 Å². The fourth-order valence-electron chi connectivity index (χ4n) is 1.33. The first-order valence-electron chi connectivity index (χ1n) is 4.50. The average Bonchev–Trinajstić information content (AvgIpc) is 2.09. The normalized spacial score (nSPS) is 10.0. The van der Waals surface area contributed by atoms with Gasteiger partial charge in [0.2, 0.25) is 0 Å². The van der Waals surface area contributed by atoms with Gasteiger partial charge < -0.3 is 4.74 Å². The Kier molecular flexibility index (Phi) is 3.92. The summed E-state index contributed by atoms with van der Waals surface area (Å²) in [6.45, 7) is 6.02. The molecule has 0 spiro atoms. The zero-order valence-corrected chi connectivity index (χ0v) is 10.7. The van der Waals surface area contributed by atoms with E-state index in [1.54, 1.807) is 6.92 Å². The Balaban J connectivity index is 3.28. The molecule has 0 atom stereocenters. The van der Waals surface area contributed by atoms with Crippen LogP contribution in [0.3, 0.4) is 0 Å². The van der Waals surface area contributed by atoms with E-state index in [-0.39, 0.29) is 5.78 Å². The molecule has 0 aliphatic carbocycles. The second kappa shape index (κ2) is 4.77. The minimum atomic E-state index is 0.0510. The van der Waals surface area contributed by atoms with E-state index in [1.807, 2.05) is 26.0 Å². The first-order valence-corrected chi connectivity index (χ1v) is 5.58. The second-order valence-corrected chi connectivity index (χ2v) is 4.33. The van der Waals surface area contributed by atoms with Gasteiger partial charge >= 0.3 is 0 Å². The number of carbonyl (C=O) groups excluding carboxylic acids is 1. The van der Waals surface area contributed by atoms with Crippen molar-refractivity contribution in [2.24, 2.45) is 0 Å². The predicted octanol–water partition coefficient (Wildman–Crippen LogP) is 3.20. The van der Waals surface area contributed by atoms with Crippen LogP contribution in [0.5, 0.6) is 5.75 Å². The Morgan fingerprint density at radius 1 is 1.50 bits per heavy atom. The van der Waals surface area contributed by atoms with Crippen LogP contribution in [0.4, 0.5) is 0 Å². The van der Waals surface area contributed by atoms with Gasteiger partial charge in [-0.05, 0) is 61.1 Å². The standard InChI is InChI=1S/C11H13IO2/c1-4-14-11-7(2)5-9(12)6-10(11)8(3)13/h5-6H,4H2,1-3H3. The van der Waals surface area contributed by atoms with Crippen LogP contribution in [0.1, 0.15) is 29.8 Å². The van der Waals surface area contributed by atoms with Gasteiger partial charge in [0.1, 0.15) is 5.75 Å². The number of hydrogen-bond donors (Lipinski definition) is 0. The molecular weight excluding hydrogens is 291 g/mol. The largest absolute Gasteiger partial charge is 0.493 e. The van der Waals surface area contributed by atoms with E-state index in [0.29, 0.717) is 12.2 Å². The Hall–Kier alpha value is -0.580. The molecule has 3 heteroatoms. The summed E-state index contributed by atoms with van der Waals surface area (Å²) in [5, 5.41) is 0. The molecule has 76 valence electrons. The highest BCUT2D eigenvalue weighted by molar-refractivity contribution is 14.1. The summed E-state index contributed by atoms with van der Waals surface area (Å²) in [7, 11) is 0. The Labute approximate surface area is 97.8 Å². The lowest BCUT2D eigenvalue weighted by molar-refractivity contribution is 0.101. The Morgan fingerprint density at radius 2 is 2.14 bits per heavy atom. The van der Waals surface area contributed by atoms with E-state index in [9.17, 15) is 4.79 Å². The Bertz CT molecular complexity index is 359. The number of ketones is 1. The number of benzene rings is 1. The van der Waals surface area contributed by atoms with Crippen molar-refractivity contribution in [2.45, 2.75) is 20.8 Å². The maximum Gasteiger partial charge on any atom is 0.163 e. The average molecular weight is 304 g/mol. The van der Waals surface area contributed by atoms with Crippen molar-refractivity contribution >= 4 is 28.4 Å². The van der Waals surface area contributed by atoms with E-state index in [4.69, 9.17) is 4.74 Å². The van der Waals surface area contributed by atoms with Crippen molar-refractivity contribution in [1.82, 2.24) is 0 Å². The van der Waals surface area contributed by atoms with Crippen LogP contribution < -0.4 is 4.74 Å². The van der Waals surface area contributed by atoms with Crippen molar-refractivity contribution in [1.29, 1.82) is 0 Å². The van der Waals surface area contributed by atoms with Crippen LogP contribution in [0.2, 0.25) is 0 Å². The van der Waals surface area contributed by atoms with Crippen molar-refractivity contribution < 1.29 is 9.53 Å². The highest BCUT2D eigenvalue weighted by Gasteiger charge is 2.11. The van der Waals surface area contributed by atoms with E-state index < -0.39 is 0 Å². The minimum Gasteiger partial charge on any atom is -0.493 e. The molecule has 1 aromatic rings. The third-order valence-electron chi connectivity index (χ3n) is 1.91. The van der Waals surface area contributed by atoms with Gasteiger partial charge in [0, 0.05) is 3.57 Å². The molecule has 0 radical (unpaired) electrons. The van der Waals surface area contributed by atoms with Gasteiger partial charge in [-0.15, -0.1) is 0 Å². The topological polar surface area (TPSA) is 26.3 Å². The van der Waals surface area contributed by atoms with Gasteiger partial charge in [-0.25, -0.2) is 0 Å². The molecule has 1 aromatic carbocycles. The van der Waals surface area contributed by atoms with Crippen molar-refractivity contribution in [3.63, 3.8) is 0 Å². The van der Waals surface area contributed by atoms with Crippen LogP contribution in [-0.2, 0) is 0 Å². The van der Waals surface area contributed by atoms with E-state index in [1.165, 1.54) is 0 Å². The molecule has 2 nitrogen and oxygen atoms in total. The third kappa shape index (κ3) is 2.47. The van der Waals surface area contributed by atoms with Gasteiger partial charge in [-0.1, -0.05) is 0 Å². The molecule has 0 saturated carbocycles. The van der Waals surface area contributed by atoms with Crippen LogP contribution in [0.25, 0.3) is 0 Å². The van der Waals surface area contributed by atoms with E-state index in [0.717, 1.165) is 14.9 Å². The molecule has 14 heavy (non-hydrogen) atoms. The number of ether oxygens (including phenoxy) is 1. The van der Waals surface area contributed by atoms with Crippen molar-refractivity contribution in [2.75, 3.05) is 6.61 Å². The zero-order valence-electron chi connectivity index (χ0n) is 8.56. The molecule has 0 N–H and O–H groups in total. The molecule has 0 aliphatic rings. The molecular formula is C11H13IO2. The van der Waals surface area contributed by atoms with Crippen LogP contribution in [-0.4, -0.2) is 12.4 Å². The van der Waals surface area contributed by atoms with Gasteiger partial charge in [0.15, 0.2) is 5.78 Å². The maximum atomic E-state index is 11.4. The number of rotatable bonds is 3. The molecule has 0 fully saturated rings. The lowest BCUT2D eigenvalue weighted by atomic mass is 10.1. The maximum absolute atomic E-state index is 11.4. The highest BCUT2D eigenvalue weighted by Crippen LogP contribution is 2.26. The highest BCUT2D eigenvalue weighted by atomic mass is 127. The molecule has 0 heterocycles. The van der Waals surface area contributed by atoms with Crippen LogP contribution in [0.15, 0.2) is 12.1 Å². The van der Waals surface area contributed by atoms with E-state index >= 15 is 0 Å². The lowest BCUT2D eigenvalue weighted by Gasteiger charge is -2.11. The van der Waals surface area contributed by atoms with E-state index in [2.05, 4.69) is 22.6 Å². The molecule has 0 aromatic heterocycles. The number of aryl methyl sites for hydroxylation is 1. The monoisotopic (exact) mass is 304 g/mol. The summed E-state index contributed by atoms with van der Waals surface area (Å²) >= 11 is 2.20. The molecule has 0 amide bonds. The SMILES string of the molecule is CCOc1c(C)cc(I)cc1C(C)=O. The number of carbonyl (C=O) groups is 1. The molecule has 0 saturated heterocycles. The molecule has 0 unspecified atom stereocenters. The molecule has 1 rings (SSSR count). The number of hydrogen-bond acceptors (Lipinski definition) is 2. The minimum absolute atomic E-state index is 0.0510. The number of halogens is 1. The fraction of sp³-hybridized carbons (Fsp3) is 0.364. The summed E-state index contributed by atoms with van der Waals surface area (Å²) in [6.07, 6.45) is 0. The summed E-state index contributed by atoms with van der Waals surface area (Å²) in [6, 6.07) is 3.87. The Morgan fingerprint density at radius 3 is 2.64 bits per heavy atom. The second-order valence-electron chi connectivity index (χ2n) is 3.09. The van der Waals surface area contributed by atoms with Gasteiger partial charge in [-0.3, -0.25) is 4.79 Å². The van der Waals surface area contributed by atoms with Gasteiger partial charge in [0.25, 0.3) is 0 Å². The first kappa shape index (κ1) is 11.5. The molecule has 0 aliphatic heterocycles. The van der Waals surface area contributed by atoms with Crippen LogP contribution >= 0.6 is 22.6 Å². The van der Waals surface area contributed by atoms with Crippen molar-refractivity contribution in [3.8, 4) is 5.75 Å². The quantitative estimate of drug-likeness (QED) is 0.633. The fourth-order valence-corrected chi connectivity index (χ4v) is 2.11. The summed E-state index contributed by atoms with van der Waals surface area (Å²) in [4.78, 5) is 11.4.